The molecule has 3 nitrogen and oxygen atoms in total. The molecule has 0 aromatic heterocycles. The Labute approximate surface area is 87.0 Å². The predicted molar refractivity (Wildman–Crippen MR) is 58.2 cm³/mol. The number of hydrogen-bond acceptors (Lipinski definition) is 3. The van der Waals surface area contributed by atoms with Crippen LogP contribution in [0.2, 0.25) is 0 Å². The Bertz CT molecular complexity index is 148. The third kappa shape index (κ3) is 7.04. The van der Waals surface area contributed by atoms with Gasteiger partial charge in [-0.3, -0.25) is 4.79 Å². The van der Waals surface area contributed by atoms with Gasteiger partial charge in [-0.1, -0.05) is 19.8 Å². The number of rotatable bonds is 9. The average molecular weight is 201 g/mol. The van der Waals surface area contributed by atoms with E-state index in [9.17, 15) is 4.79 Å². The second-order valence-electron chi connectivity index (χ2n) is 3.66. The molecule has 0 aromatic rings. The first-order chi connectivity index (χ1) is 6.72. The molecule has 0 aromatic carbocycles. The molecule has 84 valence electrons. The predicted octanol–water partition coefficient (Wildman–Crippen LogP) is 1.89. The van der Waals surface area contributed by atoms with Crippen LogP contribution in [0.5, 0.6) is 0 Å². The Morgan fingerprint density at radius 1 is 1.36 bits per heavy atom. The van der Waals surface area contributed by atoms with Crippen LogP contribution in [0.4, 0.5) is 0 Å². The molecule has 0 aliphatic carbocycles. The van der Waals surface area contributed by atoms with Gasteiger partial charge in [-0.25, -0.2) is 0 Å². The van der Waals surface area contributed by atoms with Crippen molar-refractivity contribution in [1.29, 1.82) is 0 Å². The van der Waals surface area contributed by atoms with Crippen molar-refractivity contribution in [3.05, 3.63) is 0 Å². The van der Waals surface area contributed by atoms with Gasteiger partial charge in [0.2, 0.25) is 0 Å². The lowest BCUT2D eigenvalue weighted by Crippen LogP contribution is -2.30. The van der Waals surface area contributed by atoms with Crippen LogP contribution >= 0.6 is 0 Å². The Balaban J connectivity index is 3.44. The van der Waals surface area contributed by atoms with Gasteiger partial charge in [-0.05, 0) is 19.3 Å². The van der Waals surface area contributed by atoms with E-state index in [1.165, 1.54) is 0 Å². The van der Waals surface area contributed by atoms with Crippen molar-refractivity contribution in [1.82, 2.24) is 0 Å². The molecule has 0 fully saturated rings. The lowest BCUT2D eigenvalue weighted by molar-refractivity contribution is -0.120. The number of ketones is 1. The molecule has 0 saturated carbocycles. The van der Waals surface area contributed by atoms with E-state index in [0.717, 1.165) is 32.1 Å². The first-order valence-corrected chi connectivity index (χ1v) is 5.49. The van der Waals surface area contributed by atoms with Crippen molar-refractivity contribution >= 4 is 5.78 Å². The van der Waals surface area contributed by atoms with E-state index < -0.39 is 0 Å². The maximum atomic E-state index is 11.4. The molecule has 3 heteroatoms. The van der Waals surface area contributed by atoms with Gasteiger partial charge in [-0.15, -0.1) is 0 Å². The smallest absolute Gasteiger partial charge is 0.149 e. The topological polar surface area (TPSA) is 52.3 Å². The third-order valence-corrected chi connectivity index (χ3v) is 2.30. The van der Waals surface area contributed by atoms with E-state index in [0.29, 0.717) is 13.0 Å². The lowest BCUT2D eigenvalue weighted by Gasteiger charge is -2.09. The zero-order valence-corrected chi connectivity index (χ0v) is 9.42. The fourth-order valence-corrected chi connectivity index (χ4v) is 1.34. The summed E-state index contributed by atoms with van der Waals surface area (Å²) >= 11 is 0. The number of Topliss-reactive ketones (excluding diaryl/α,β-unsaturated/α-hetero) is 1. The third-order valence-electron chi connectivity index (χ3n) is 2.30. The summed E-state index contributed by atoms with van der Waals surface area (Å²) in [6.45, 7) is 2.82. The van der Waals surface area contributed by atoms with Crippen LogP contribution in [0.1, 0.15) is 45.4 Å². The number of hydrogen-bond donors (Lipinski definition) is 1. The first-order valence-electron chi connectivity index (χ1n) is 5.49. The van der Waals surface area contributed by atoms with Crippen LogP contribution in [0, 0.1) is 0 Å². The van der Waals surface area contributed by atoms with Gasteiger partial charge in [0.1, 0.15) is 5.78 Å². The van der Waals surface area contributed by atoms with E-state index >= 15 is 0 Å². The average Bonchev–Trinajstić information content (AvgIpc) is 2.18. The van der Waals surface area contributed by atoms with E-state index in [1.54, 1.807) is 7.11 Å². The minimum atomic E-state index is -0.276. The summed E-state index contributed by atoms with van der Waals surface area (Å²) in [5.74, 6) is 0.203. The van der Waals surface area contributed by atoms with Gasteiger partial charge in [0.05, 0.1) is 6.04 Å². The fourth-order valence-electron chi connectivity index (χ4n) is 1.34. The van der Waals surface area contributed by atoms with Gasteiger partial charge in [0.15, 0.2) is 0 Å². The SMILES string of the molecule is CCCCCC(=O)C(N)CCCOC. The van der Waals surface area contributed by atoms with Crippen LogP contribution in [-0.4, -0.2) is 25.5 Å². The van der Waals surface area contributed by atoms with Crippen molar-refractivity contribution in [2.24, 2.45) is 5.73 Å². The molecular weight excluding hydrogens is 178 g/mol. The molecule has 0 saturated heterocycles. The van der Waals surface area contributed by atoms with Gasteiger partial charge in [0.25, 0.3) is 0 Å². The highest BCUT2D eigenvalue weighted by Gasteiger charge is 2.11. The number of carbonyl (C=O) groups is 1. The summed E-state index contributed by atoms with van der Waals surface area (Å²) in [7, 11) is 1.66. The Hall–Kier alpha value is -0.410. The molecular formula is C11H23NO2. The Morgan fingerprint density at radius 3 is 2.64 bits per heavy atom. The van der Waals surface area contributed by atoms with Crippen LogP contribution < -0.4 is 5.73 Å². The monoisotopic (exact) mass is 201 g/mol. The summed E-state index contributed by atoms with van der Waals surface area (Å²) < 4.78 is 4.90. The number of ether oxygens (including phenoxy) is 1. The minimum absolute atomic E-state index is 0.203. The molecule has 0 radical (unpaired) electrons. The van der Waals surface area contributed by atoms with E-state index in [4.69, 9.17) is 10.5 Å². The maximum Gasteiger partial charge on any atom is 0.149 e. The van der Waals surface area contributed by atoms with Crippen LogP contribution in [-0.2, 0) is 9.53 Å². The van der Waals surface area contributed by atoms with Crippen LogP contribution in [0.15, 0.2) is 0 Å². The van der Waals surface area contributed by atoms with Gasteiger partial charge < -0.3 is 10.5 Å². The normalized spacial score (nSPS) is 12.8. The highest BCUT2D eigenvalue weighted by Crippen LogP contribution is 2.04. The number of unbranched alkanes of at least 4 members (excludes halogenated alkanes) is 2. The van der Waals surface area contributed by atoms with Crippen molar-refractivity contribution < 1.29 is 9.53 Å². The van der Waals surface area contributed by atoms with Gasteiger partial charge in [0, 0.05) is 20.1 Å². The molecule has 0 aliphatic rings. The molecule has 2 N–H and O–H groups in total. The van der Waals surface area contributed by atoms with Crippen molar-refractivity contribution in [2.45, 2.75) is 51.5 Å². The molecule has 1 unspecified atom stereocenters. The summed E-state index contributed by atoms with van der Waals surface area (Å²) in [4.78, 5) is 11.4. The van der Waals surface area contributed by atoms with E-state index in [2.05, 4.69) is 6.92 Å². The molecule has 0 aliphatic heterocycles. The zero-order chi connectivity index (χ0) is 10.8. The van der Waals surface area contributed by atoms with E-state index in [1.807, 2.05) is 0 Å². The minimum Gasteiger partial charge on any atom is -0.385 e. The van der Waals surface area contributed by atoms with Crippen LogP contribution in [0.3, 0.4) is 0 Å². The van der Waals surface area contributed by atoms with Gasteiger partial charge in [-0.2, -0.15) is 0 Å². The van der Waals surface area contributed by atoms with E-state index in [-0.39, 0.29) is 11.8 Å². The van der Waals surface area contributed by atoms with Crippen molar-refractivity contribution in [2.75, 3.05) is 13.7 Å². The molecule has 0 rings (SSSR count). The molecule has 1 atom stereocenters. The molecule has 0 amide bonds. The highest BCUT2D eigenvalue weighted by atomic mass is 16.5. The second-order valence-corrected chi connectivity index (χ2v) is 3.66. The maximum absolute atomic E-state index is 11.4. The summed E-state index contributed by atoms with van der Waals surface area (Å²) in [5.41, 5.74) is 5.74. The number of nitrogens with two attached hydrogens (primary N) is 1. The highest BCUT2D eigenvalue weighted by molar-refractivity contribution is 5.83. The summed E-state index contributed by atoms with van der Waals surface area (Å²) in [6.07, 6.45) is 5.51. The zero-order valence-electron chi connectivity index (χ0n) is 9.42. The molecule has 14 heavy (non-hydrogen) atoms. The Kier molecular flexibility index (Phi) is 8.89. The molecule has 0 bridgehead atoms. The first kappa shape index (κ1) is 13.6. The Morgan fingerprint density at radius 2 is 2.07 bits per heavy atom. The van der Waals surface area contributed by atoms with Gasteiger partial charge >= 0.3 is 0 Å². The summed E-state index contributed by atoms with van der Waals surface area (Å²) in [6, 6.07) is -0.276. The standard InChI is InChI=1S/C11H23NO2/c1-3-4-5-8-11(13)10(12)7-6-9-14-2/h10H,3-9,12H2,1-2H3. The lowest BCUT2D eigenvalue weighted by atomic mass is 10.0. The number of methoxy groups -OCH3 is 1. The quantitative estimate of drug-likeness (QED) is 0.580. The van der Waals surface area contributed by atoms with Crippen molar-refractivity contribution in [3.63, 3.8) is 0 Å². The number of carbonyl (C=O) groups excluding carboxylic acids is 1. The second kappa shape index (κ2) is 9.16. The largest absolute Gasteiger partial charge is 0.385 e. The van der Waals surface area contributed by atoms with Crippen LogP contribution in [0.25, 0.3) is 0 Å². The molecule has 0 heterocycles. The molecule has 0 spiro atoms. The fraction of sp³-hybridized carbons (Fsp3) is 0.909. The summed E-state index contributed by atoms with van der Waals surface area (Å²) in [5, 5.41) is 0. The van der Waals surface area contributed by atoms with Crippen molar-refractivity contribution in [3.8, 4) is 0 Å².